The van der Waals surface area contributed by atoms with Gasteiger partial charge in [-0.1, -0.05) is 0 Å². The molecular formula is C21H21F3N2O4. The lowest BCUT2D eigenvalue weighted by atomic mass is 10.1. The minimum absolute atomic E-state index is 0.129. The summed E-state index contributed by atoms with van der Waals surface area (Å²) >= 11 is 0. The summed E-state index contributed by atoms with van der Waals surface area (Å²) in [5, 5.41) is 0. The van der Waals surface area contributed by atoms with E-state index < -0.39 is 28.9 Å². The van der Waals surface area contributed by atoms with Crippen LogP contribution in [0.4, 0.5) is 13.2 Å². The Labute approximate surface area is 171 Å². The molecule has 0 aromatic heterocycles. The summed E-state index contributed by atoms with van der Waals surface area (Å²) in [5.74, 6) is -4.62. The van der Waals surface area contributed by atoms with Crippen molar-refractivity contribution in [2.24, 2.45) is 0 Å². The predicted octanol–water partition coefficient (Wildman–Crippen LogP) is 3.11. The van der Waals surface area contributed by atoms with E-state index in [4.69, 9.17) is 9.47 Å². The molecule has 0 spiro atoms. The number of hydrogen-bond donors (Lipinski definition) is 0. The molecule has 0 bridgehead atoms. The molecule has 3 rings (SSSR count). The van der Waals surface area contributed by atoms with Crippen molar-refractivity contribution < 1.29 is 32.2 Å². The van der Waals surface area contributed by atoms with Gasteiger partial charge in [-0.15, -0.1) is 0 Å². The van der Waals surface area contributed by atoms with Crippen molar-refractivity contribution in [1.82, 2.24) is 9.80 Å². The van der Waals surface area contributed by atoms with E-state index >= 15 is 0 Å². The number of rotatable bonds is 4. The fraction of sp³-hybridized carbons (Fsp3) is 0.333. The first-order valence-electron chi connectivity index (χ1n) is 9.30. The van der Waals surface area contributed by atoms with Gasteiger partial charge in [-0.05, 0) is 30.7 Å². The van der Waals surface area contributed by atoms with Crippen LogP contribution < -0.4 is 9.47 Å². The molecule has 9 heteroatoms. The molecule has 1 heterocycles. The van der Waals surface area contributed by atoms with Crippen LogP contribution in [-0.2, 0) is 0 Å². The van der Waals surface area contributed by atoms with Crippen LogP contribution in [0.25, 0.3) is 0 Å². The summed E-state index contributed by atoms with van der Waals surface area (Å²) in [5.41, 5.74) is -0.163. The average molecular weight is 422 g/mol. The van der Waals surface area contributed by atoms with E-state index in [2.05, 4.69) is 0 Å². The Morgan fingerprint density at radius 3 is 1.93 bits per heavy atom. The molecule has 2 aromatic rings. The minimum atomic E-state index is -1.68. The number of nitrogens with zero attached hydrogens (tertiary/aromatic N) is 2. The van der Waals surface area contributed by atoms with Gasteiger partial charge in [-0.25, -0.2) is 13.2 Å². The Balaban J connectivity index is 1.74. The average Bonchev–Trinajstić information content (AvgIpc) is 3.02. The number of hydrogen-bond acceptors (Lipinski definition) is 4. The highest BCUT2D eigenvalue weighted by atomic mass is 19.2. The van der Waals surface area contributed by atoms with Gasteiger partial charge < -0.3 is 19.3 Å². The minimum Gasteiger partial charge on any atom is -0.497 e. The molecule has 0 radical (unpaired) electrons. The lowest BCUT2D eigenvalue weighted by molar-refractivity contribution is 0.0715. The van der Waals surface area contributed by atoms with Gasteiger partial charge in [0.2, 0.25) is 0 Å². The number of methoxy groups -OCH3 is 2. The maximum Gasteiger partial charge on any atom is 0.257 e. The molecule has 30 heavy (non-hydrogen) atoms. The monoisotopic (exact) mass is 422 g/mol. The quantitative estimate of drug-likeness (QED) is 0.711. The standard InChI is InChI=1S/C21H21F3N2O4/c1-29-14-10-13(11-15(12-14)30-2)20(27)25-6-3-7-26(9-8-25)21(28)16-4-5-17(22)19(24)18(16)23/h4-5,10-12H,3,6-9H2,1-2H3. The van der Waals surface area contributed by atoms with Crippen molar-refractivity contribution in [1.29, 1.82) is 0 Å². The normalized spacial score (nSPS) is 14.3. The summed E-state index contributed by atoms with van der Waals surface area (Å²) in [4.78, 5) is 28.4. The smallest absolute Gasteiger partial charge is 0.257 e. The fourth-order valence-corrected chi connectivity index (χ4v) is 3.30. The largest absolute Gasteiger partial charge is 0.497 e. The predicted molar refractivity (Wildman–Crippen MR) is 102 cm³/mol. The van der Waals surface area contributed by atoms with Crippen LogP contribution in [0.3, 0.4) is 0 Å². The highest BCUT2D eigenvalue weighted by molar-refractivity contribution is 5.96. The second-order valence-electron chi connectivity index (χ2n) is 6.76. The molecule has 0 saturated carbocycles. The van der Waals surface area contributed by atoms with E-state index in [1.54, 1.807) is 23.1 Å². The maximum atomic E-state index is 14.0. The summed E-state index contributed by atoms with van der Waals surface area (Å²) < 4.78 is 51.0. The Morgan fingerprint density at radius 1 is 0.800 bits per heavy atom. The first-order valence-corrected chi connectivity index (χ1v) is 9.30. The second-order valence-corrected chi connectivity index (χ2v) is 6.76. The molecule has 160 valence electrons. The van der Waals surface area contributed by atoms with E-state index in [1.165, 1.54) is 19.1 Å². The first-order chi connectivity index (χ1) is 14.3. The van der Waals surface area contributed by atoms with Gasteiger partial charge in [0.25, 0.3) is 11.8 Å². The van der Waals surface area contributed by atoms with E-state index in [9.17, 15) is 22.8 Å². The van der Waals surface area contributed by atoms with Crippen molar-refractivity contribution in [3.63, 3.8) is 0 Å². The van der Waals surface area contributed by atoms with Crippen molar-refractivity contribution in [3.8, 4) is 11.5 Å². The third-order valence-corrected chi connectivity index (χ3v) is 4.93. The number of halogens is 3. The van der Waals surface area contributed by atoms with E-state index in [-0.39, 0.29) is 25.5 Å². The van der Waals surface area contributed by atoms with Gasteiger partial charge in [0.1, 0.15) is 11.5 Å². The molecular weight excluding hydrogens is 401 g/mol. The molecule has 6 nitrogen and oxygen atoms in total. The molecule has 1 aliphatic heterocycles. The SMILES string of the molecule is COc1cc(OC)cc(C(=O)N2CCCN(C(=O)c3ccc(F)c(F)c3F)CC2)c1. The first kappa shape index (κ1) is 21.5. The van der Waals surface area contributed by atoms with E-state index in [0.717, 1.165) is 12.1 Å². The van der Waals surface area contributed by atoms with Crippen molar-refractivity contribution in [2.45, 2.75) is 6.42 Å². The maximum absolute atomic E-state index is 14.0. The van der Waals surface area contributed by atoms with Crippen LogP contribution in [0.5, 0.6) is 11.5 Å². The van der Waals surface area contributed by atoms with Crippen LogP contribution in [0.2, 0.25) is 0 Å². The summed E-state index contributed by atoms with van der Waals surface area (Å²) in [6, 6.07) is 6.47. The zero-order chi connectivity index (χ0) is 21.8. The number of ether oxygens (including phenoxy) is 2. The zero-order valence-electron chi connectivity index (χ0n) is 16.6. The molecule has 2 aromatic carbocycles. The van der Waals surface area contributed by atoms with Crippen LogP contribution in [-0.4, -0.2) is 62.0 Å². The van der Waals surface area contributed by atoms with Gasteiger partial charge in [-0.3, -0.25) is 9.59 Å². The molecule has 0 aliphatic carbocycles. The zero-order valence-corrected chi connectivity index (χ0v) is 16.6. The molecule has 1 aliphatic rings. The topological polar surface area (TPSA) is 59.1 Å². The highest BCUT2D eigenvalue weighted by Gasteiger charge is 2.27. The molecule has 0 unspecified atom stereocenters. The van der Waals surface area contributed by atoms with Crippen LogP contribution in [0, 0.1) is 17.5 Å². The fourth-order valence-electron chi connectivity index (χ4n) is 3.30. The molecule has 0 atom stereocenters. The van der Waals surface area contributed by atoms with E-state index in [1.807, 2.05) is 0 Å². The highest BCUT2D eigenvalue weighted by Crippen LogP contribution is 2.24. The van der Waals surface area contributed by atoms with Crippen LogP contribution in [0.1, 0.15) is 27.1 Å². The third kappa shape index (κ3) is 4.34. The lowest BCUT2D eigenvalue weighted by Gasteiger charge is -2.23. The second kappa shape index (κ2) is 9.06. The van der Waals surface area contributed by atoms with E-state index in [0.29, 0.717) is 30.0 Å². The Hall–Kier alpha value is -3.23. The molecule has 1 fully saturated rings. The Morgan fingerprint density at radius 2 is 1.37 bits per heavy atom. The van der Waals surface area contributed by atoms with Crippen molar-refractivity contribution in [2.75, 3.05) is 40.4 Å². The number of carbonyl (C=O) groups excluding carboxylic acids is 2. The third-order valence-electron chi connectivity index (χ3n) is 4.93. The summed E-state index contributed by atoms with van der Waals surface area (Å²) in [7, 11) is 2.96. The lowest BCUT2D eigenvalue weighted by Crippen LogP contribution is -2.37. The Bertz CT molecular complexity index is 945. The molecule has 0 N–H and O–H groups in total. The van der Waals surface area contributed by atoms with Crippen LogP contribution >= 0.6 is 0 Å². The molecule has 1 saturated heterocycles. The van der Waals surface area contributed by atoms with Crippen LogP contribution in [0.15, 0.2) is 30.3 Å². The summed E-state index contributed by atoms with van der Waals surface area (Å²) in [6.07, 6.45) is 0.448. The van der Waals surface area contributed by atoms with Gasteiger partial charge in [-0.2, -0.15) is 0 Å². The van der Waals surface area contributed by atoms with Crippen molar-refractivity contribution >= 4 is 11.8 Å². The number of benzene rings is 2. The number of carbonyl (C=O) groups is 2. The van der Waals surface area contributed by atoms with Gasteiger partial charge in [0, 0.05) is 37.8 Å². The van der Waals surface area contributed by atoms with Crippen molar-refractivity contribution in [3.05, 3.63) is 58.9 Å². The Kier molecular flexibility index (Phi) is 6.49. The van der Waals surface area contributed by atoms with Gasteiger partial charge in [0.05, 0.1) is 19.8 Å². The molecule has 2 amide bonds. The van der Waals surface area contributed by atoms with Gasteiger partial charge in [0.15, 0.2) is 17.5 Å². The summed E-state index contributed by atoms with van der Waals surface area (Å²) in [6.45, 7) is 0.963. The van der Waals surface area contributed by atoms with Gasteiger partial charge >= 0.3 is 0 Å². The number of amides is 2.